The highest BCUT2D eigenvalue weighted by molar-refractivity contribution is 6.11. The van der Waals surface area contributed by atoms with Crippen LogP contribution in [0.4, 0.5) is 5.69 Å². The SMILES string of the molecule is CC(C)(c1cncc(-c2ccc3c(c2)CCC(=N)N3C=N)c1)c1nc(-c2ccccc2)no1. The number of anilines is 1. The first-order chi connectivity index (χ1) is 16.0. The van der Waals surface area contributed by atoms with Crippen molar-refractivity contribution >= 4 is 17.9 Å². The first-order valence-corrected chi connectivity index (χ1v) is 10.8. The van der Waals surface area contributed by atoms with Crippen LogP contribution in [-0.4, -0.2) is 27.3 Å². The summed E-state index contributed by atoms with van der Waals surface area (Å²) in [6, 6.07) is 18.0. The summed E-state index contributed by atoms with van der Waals surface area (Å²) in [7, 11) is 0. The maximum absolute atomic E-state index is 8.07. The Morgan fingerprint density at radius 3 is 2.58 bits per heavy atom. The van der Waals surface area contributed by atoms with Gasteiger partial charge in [-0.25, -0.2) is 0 Å². The fourth-order valence-electron chi connectivity index (χ4n) is 4.11. The molecule has 2 N–H and O–H groups in total. The zero-order valence-electron chi connectivity index (χ0n) is 18.5. The molecule has 2 aromatic heterocycles. The van der Waals surface area contributed by atoms with Gasteiger partial charge in [0.2, 0.25) is 11.7 Å². The number of aromatic nitrogens is 3. The molecule has 0 unspecified atom stereocenters. The summed E-state index contributed by atoms with van der Waals surface area (Å²) >= 11 is 0. The summed E-state index contributed by atoms with van der Waals surface area (Å²) < 4.78 is 5.66. The third kappa shape index (κ3) is 3.71. The Bertz CT molecular complexity index is 1340. The molecule has 0 fully saturated rings. The van der Waals surface area contributed by atoms with Crippen LogP contribution in [0.2, 0.25) is 0 Å². The summed E-state index contributed by atoms with van der Waals surface area (Å²) in [6.45, 7) is 4.10. The van der Waals surface area contributed by atoms with Gasteiger partial charge in [-0.3, -0.25) is 20.7 Å². The number of aryl methyl sites for hydroxylation is 1. The highest BCUT2D eigenvalue weighted by atomic mass is 16.5. The van der Waals surface area contributed by atoms with Crippen LogP contribution in [0.15, 0.2) is 71.5 Å². The van der Waals surface area contributed by atoms with Crippen molar-refractivity contribution in [3.8, 4) is 22.5 Å². The molecule has 0 atom stereocenters. The molecule has 5 rings (SSSR count). The molecule has 1 aliphatic heterocycles. The Labute approximate surface area is 192 Å². The summed E-state index contributed by atoms with van der Waals surface area (Å²) in [5.41, 5.74) is 5.43. The van der Waals surface area contributed by atoms with E-state index >= 15 is 0 Å². The quantitative estimate of drug-likeness (QED) is 0.319. The molecule has 164 valence electrons. The van der Waals surface area contributed by atoms with Crippen molar-refractivity contribution in [1.29, 1.82) is 10.8 Å². The van der Waals surface area contributed by atoms with Crippen LogP contribution < -0.4 is 4.90 Å². The number of benzene rings is 2. The number of nitrogens with one attached hydrogen (secondary N) is 2. The maximum Gasteiger partial charge on any atom is 0.237 e. The molecule has 33 heavy (non-hydrogen) atoms. The van der Waals surface area contributed by atoms with E-state index in [9.17, 15) is 0 Å². The molecule has 0 saturated carbocycles. The van der Waals surface area contributed by atoms with Crippen molar-refractivity contribution < 1.29 is 4.52 Å². The second-order valence-corrected chi connectivity index (χ2v) is 8.67. The van der Waals surface area contributed by atoms with Crippen LogP contribution in [0.25, 0.3) is 22.5 Å². The number of amidine groups is 1. The van der Waals surface area contributed by atoms with Crippen molar-refractivity contribution in [2.75, 3.05) is 4.90 Å². The van der Waals surface area contributed by atoms with Gasteiger partial charge in [-0.15, -0.1) is 0 Å². The third-order valence-electron chi connectivity index (χ3n) is 6.18. The van der Waals surface area contributed by atoms with Crippen molar-refractivity contribution in [1.82, 2.24) is 15.1 Å². The molecule has 4 aromatic rings. The summed E-state index contributed by atoms with van der Waals surface area (Å²) in [4.78, 5) is 10.8. The van der Waals surface area contributed by atoms with Crippen molar-refractivity contribution in [3.05, 3.63) is 84.0 Å². The van der Waals surface area contributed by atoms with Gasteiger partial charge in [-0.1, -0.05) is 41.6 Å². The van der Waals surface area contributed by atoms with Crippen molar-refractivity contribution in [2.45, 2.75) is 32.1 Å². The standard InChI is InChI=1S/C26H24N6O/c1-26(2,25-30-24(31-33-25)17-6-4-3-5-7-17)21-13-20(14-29-15-21)18-8-10-22-19(12-18)9-11-23(28)32(22)16-27/h3-8,10,12-16,27-28H,9,11H2,1-2H3. The fraction of sp³-hybridized carbons (Fsp3) is 0.192. The van der Waals surface area contributed by atoms with Gasteiger partial charge in [-0.05, 0) is 55.2 Å². The lowest BCUT2D eigenvalue weighted by Gasteiger charge is -2.28. The van der Waals surface area contributed by atoms with Crippen LogP contribution in [0.5, 0.6) is 0 Å². The number of fused-ring (bicyclic) bond motifs is 1. The molecule has 1 aliphatic rings. The summed E-state index contributed by atoms with van der Waals surface area (Å²) in [5, 5.41) is 19.9. The average molecular weight is 437 g/mol. The van der Waals surface area contributed by atoms with Gasteiger partial charge in [0.25, 0.3) is 0 Å². The summed E-state index contributed by atoms with van der Waals surface area (Å²) in [6.07, 6.45) is 6.31. The highest BCUT2D eigenvalue weighted by Gasteiger charge is 2.31. The Hall–Kier alpha value is -4.13. The van der Waals surface area contributed by atoms with E-state index in [-0.39, 0.29) is 0 Å². The van der Waals surface area contributed by atoms with Crippen LogP contribution >= 0.6 is 0 Å². The van der Waals surface area contributed by atoms with Crippen LogP contribution in [0.1, 0.15) is 37.3 Å². The first kappa shape index (κ1) is 20.8. The Balaban J connectivity index is 1.48. The predicted molar refractivity (Wildman–Crippen MR) is 129 cm³/mol. The van der Waals surface area contributed by atoms with Crippen LogP contribution in [0.3, 0.4) is 0 Å². The first-order valence-electron chi connectivity index (χ1n) is 10.8. The lowest BCUT2D eigenvalue weighted by Crippen LogP contribution is -2.32. The molecule has 0 amide bonds. The highest BCUT2D eigenvalue weighted by Crippen LogP contribution is 2.35. The van der Waals surface area contributed by atoms with E-state index in [4.69, 9.17) is 15.3 Å². The van der Waals surface area contributed by atoms with E-state index < -0.39 is 5.41 Å². The van der Waals surface area contributed by atoms with E-state index in [1.54, 1.807) is 4.90 Å². The normalized spacial score (nSPS) is 13.6. The van der Waals surface area contributed by atoms with Gasteiger partial charge in [0.15, 0.2) is 0 Å². The minimum Gasteiger partial charge on any atom is -0.338 e. The molecule has 0 saturated heterocycles. The molecule has 0 spiro atoms. The van der Waals surface area contributed by atoms with Crippen LogP contribution in [0, 0.1) is 10.8 Å². The molecule has 7 heteroatoms. The zero-order valence-corrected chi connectivity index (χ0v) is 18.5. The van der Waals surface area contributed by atoms with Crippen molar-refractivity contribution in [3.63, 3.8) is 0 Å². The van der Waals surface area contributed by atoms with Crippen LogP contribution in [-0.2, 0) is 11.8 Å². The van der Waals surface area contributed by atoms with E-state index in [0.29, 0.717) is 24.0 Å². The van der Waals surface area contributed by atoms with E-state index in [1.165, 1.54) is 6.34 Å². The monoisotopic (exact) mass is 436 g/mol. The van der Waals surface area contributed by atoms with E-state index in [0.717, 1.165) is 39.9 Å². The second kappa shape index (κ2) is 8.09. The summed E-state index contributed by atoms with van der Waals surface area (Å²) in [5.74, 6) is 1.55. The zero-order chi connectivity index (χ0) is 23.0. The molecule has 0 radical (unpaired) electrons. The van der Waals surface area contributed by atoms with Gasteiger partial charge < -0.3 is 4.52 Å². The molecule has 0 bridgehead atoms. The van der Waals surface area contributed by atoms with Gasteiger partial charge in [0, 0.05) is 29.9 Å². The lowest BCUT2D eigenvalue weighted by molar-refractivity contribution is 0.332. The van der Waals surface area contributed by atoms with Gasteiger partial charge >= 0.3 is 0 Å². The Morgan fingerprint density at radius 1 is 0.970 bits per heavy atom. The number of rotatable bonds is 5. The largest absolute Gasteiger partial charge is 0.338 e. The third-order valence-corrected chi connectivity index (χ3v) is 6.18. The maximum atomic E-state index is 8.07. The number of hydrogen-bond acceptors (Lipinski definition) is 6. The van der Waals surface area contributed by atoms with E-state index in [2.05, 4.69) is 41.1 Å². The molecular weight excluding hydrogens is 412 g/mol. The minimum absolute atomic E-state index is 0.449. The molecule has 0 aliphatic carbocycles. The smallest absolute Gasteiger partial charge is 0.237 e. The molecule has 2 aromatic carbocycles. The lowest BCUT2D eigenvalue weighted by atomic mass is 9.84. The van der Waals surface area contributed by atoms with Gasteiger partial charge in [-0.2, -0.15) is 4.98 Å². The molecule has 3 heterocycles. The Morgan fingerprint density at radius 2 is 1.79 bits per heavy atom. The fourth-order valence-corrected chi connectivity index (χ4v) is 4.11. The number of hydrogen-bond donors (Lipinski definition) is 2. The Kier molecular flexibility index (Phi) is 5.09. The number of pyridine rings is 1. The number of nitrogens with zero attached hydrogens (tertiary/aromatic N) is 4. The van der Waals surface area contributed by atoms with Gasteiger partial charge in [0.1, 0.15) is 5.84 Å². The predicted octanol–water partition coefficient (Wildman–Crippen LogP) is 5.46. The van der Waals surface area contributed by atoms with Crippen molar-refractivity contribution in [2.24, 2.45) is 0 Å². The average Bonchev–Trinajstić information content (AvgIpc) is 3.36. The molecule has 7 nitrogen and oxygen atoms in total. The van der Waals surface area contributed by atoms with Gasteiger partial charge in [0.05, 0.1) is 17.4 Å². The minimum atomic E-state index is -0.524. The van der Waals surface area contributed by atoms with E-state index in [1.807, 2.05) is 54.9 Å². The second-order valence-electron chi connectivity index (χ2n) is 8.67. The molecular formula is C26H24N6O. The topological polar surface area (TPSA) is 103 Å².